The standard InChI is InChI=1S/C18H22F4N4O3/c1-10-5-12(15(29-10)18(20,21)22)16(28)24-9-17(2,3)25-7-14(27)26-8-11(19)6-13(26)23-4/h5,11,13,25H,6-9H2,1-3H3,(H,24,28)/t11-,13-/m0/s1. The molecule has 1 saturated heterocycles. The average molecular weight is 418 g/mol. The molecule has 2 amide bonds. The lowest BCUT2D eigenvalue weighted by molar-refractivity contribution is -0.153. The van der Waals surface area contributed by atoms with Crippen molar-refractivity contribution in [2.45, 2.75) is 51.2 Å². The maximum absolute atomic E-state index is 13.4. The van der Waals surface area contributed by atoms with Gasteiger partial charge in [0.05, 0.1) is 25.1 Å². The summed E-state index contributed by atoms with van der Waals surface area (Å²) in [5.74, 6) is -2.83. The van der Waals surface area contributed by atoms with Gasteiger partial charge in [0.1, 0.15) is 11.9 Å². The van der Waals surface area contributed by atoms with Crippen LogP contribution in [0.2, 0.25) is 0 Å². The summed E-state index contributed by atoms with van der Waals surface area (Å²) >= 11 is 0. The number of halogens is 4. The SMILES string of the molecule is [C-]#[N+][C@@H]1C[C@H](F)CN1C(=O)CNC(C)(C)CNC(=O)c1cc(C)oc1C(F)(F)F. The van der Waals surface area contributed by atoms with Gasteiger partial charge >= 0.3 is 12.3 Å². The molecular formula is C18H22F4N4O3. The number of carbonyl (C=O) groups excluding carboxylic acids is 2. The third-order valence-corrected chi connectivity index (χ3v) is 4.46. The topological polar surface area (TPSA) is 78.9 Å². The van der Waals surface area contributed by atoms with E-state index in [0.29, 0.717) is 0 Å². The minimum absolute atomic E-state index is 0.0274. The highest BCUT2D eigenvalue weighted by Gasteiger charge is 2.41. The third kappa shape index (κ3) is 5.69. The molecule has 11 heteroatoms. The fourth-order valence-corrected chi connectivity index (χ4v) is 2.92. The normalized spacial score (nSPS) is 19.9. The Balaban J connectivity index is 1.93. The molecule has 2 heterocycles. The molecule has 0 aliphatic carbocycles. The molecular weight excluding hydrogens is 396 g/mol. The monoisotopic (exact) mass is 418 g/mol. The molecule has 0 unspecified atom stereocenters. The number of hydrogen-bond donors (Lipinski definition) is 2. The summed E-state index contributed by atoms with van der Waals surface area (Å²) in [5, 5.41) is 5.27. The van der Waals surface area contributed by atoms with Crippen molar-refractivity contribution in [1.29, 1.82) is 0 Å². The summed E-state index contributed by atoms with van der Waals surface area (Å²) in [5.41, 5.74) is -1.47. The van der Waals surface area contributed by atoms with Crippen molar-refractivity contribution in [3.63, 3.8) is 0 Å². The van der Waals surface area contributed by atoms with Crippen LogP contribution in [0, 0.1) is 13.5 Å². The lowest BCUT2D eigenvalue weighted by Crippen LogP contribution is -2.52. The maximum Gasteiger partial charge on any atom is 0.450 e. The van der Waals surface area contributed by atoms with Gasteiger partial charge in [-0.25, -0.2) is 11.0 Å². The first-order chi connectivity index (χ1) is 13.3. The van der Waals surface area contributed by atoms with Crippen molar-refractivity contribution < 1.29 is 31.6 Å². The zero-order valence-corrected chi connectivity index (χ0v) is 16.2. The van der Waals surface area contributed by atoms with Gasteiger partial charge < -0.3 is 15.1 Å². The van der Waals surface area contributed by atoms with E-state index < -0.39 is 47.2 Å². The Morgan fingerprint density at radius 1 is 1.38 bits per heavy atom. The Hall–Kier alpha value is -2.61. The van der Waals surface area contributed by atoms with Gasteiger partial charge in [-0.15, -0.1) is 0 Å². The molecule has 2 rings (SSSR count). The van der Waals surface area contributed by atoms with E-state index in [2.05, 4.69) is 19.9 Å². The molecule has 1 aliphatic rings. The quantitative estimate of drug-likeness (QED) is 0.550. The number of aryl methyl sites for hydroxylation is 1. The van der Waals surface area contributed by atoms with Gasteiger partial charge in [0.2, 0.25) is 11.7 Å². The van der Waals surface area contributed by atoms with Gasteiger partial charge in [-0.05, 0) is 26.8 Å². The van der Waals surface area contributed by atoms with Crippen molar-refractivity contribution >= 4 is 11.8 Å². The van der Waals surface area contributed by atoms with Crippen LogP contribution in [0.5, 0.6) is 0 Å². The van der Waals surface area contributed by atoms with E-state index in [9.17, 15) is 27.2 Å². The van der Waals surface area contributed by atoms with Crippen LogP contribution >= 0.6 is 0 Å². The summed E-state index contributed by atoms with van der Waals surface area (Å²) in [6.45, 7) is 11.2. The highest BCUT2D eigenvalue weighted by atomic mass is 19.4. The van der Waals surface area contributed by atoms with Gasteiger partial charge in [0.25, 0.3) is 5.91 Å². The predicted octanol–water partition coefficient (Wildman–Crippen LogP) is 2.52. The first kappa shape index (κ1) is 22.7. The molecule has 2 atom stereocenters. The highest BCUT2D eigenvalue weighted by Crippen LogP contribution is 2.34. The lowest BCUT2D eigenvalue weighted by atomic mass is 10.1. The van der Waals surface area contributed by atoms with Gasteiger partial charge in [0.15, 0.2) is 0 Å². The molecule has 1 aromatic heterocycles. The van der Waals surface area contributed by atoms with Crippen LogP contribution in [-0.2, 0) is 11.0 Å². The largest absolute Gasteiger partial charge is 0.456 e. The van der Waals surface area contributed by atoms with Crippen LogP contribution in [0.25, 0.3) is 4.85 Å². The van der Waals surface area contributed by atoms with E-state index in [1.165, 1.54) is 6.92 Å². The van der Waals surface area contributed by atoms with Crippen molar-refractivity contribution in [1.82, 2.24) is 15.5 Å². The Labute approximate surface area is 165 Å². The number of alkyl halides is 4. The minimum atomic E-state index is -4.80. The molecule has 0 spiro atoms. The number of furan rings is 1. The Morgan fingerprint density at radius 2 is 2.03 bits per heavy atom. The van der Waals surface area contributed by atoms with Crippen LogP contribution in [-0.4, -0.2) is 54.2 Å². The summed E-state index contributed by atoms with van der Waals surface area (Å²) in [7, 11) is 0. The minimum Gasteiger partial charge on any atom is -0.456 e. The van der Waals surface area contributed by atoms with Crippen molar-refractivity contribution in [3.05, 3.63) is 34.6 Å². The van der Waals surface area contributed by atoms with Crippen LogP contribution in [0.1, 0.15) is 42.1 Å². The molecule has 0 aromatic carbocycles. The van der Waals surface area contributed by atoms with Gasteiger partial charge in [-0.3, -0.25) is 19.3 Å². The van der Waals surface area contributed by atoms with E-state index in [4.69, 9.17) is 6.57 Å². The first-order valence-electron chi connectivity index (χ1n) is 8.85. The number of amides is 2. The van der Waals surface area contributed by atoms with Crippen LogP contribution in [0.4, 0.5) is 17.6 Å². The van der Waals surface area contributed by atoms with E-state index in [0.717, 1.165) is 11.0 Å². The fraction of sp³-hybridized carbons (Fsp3) is 0.611. The Kier molecular flexibility index (Phi) is 6.57. The molecule has 7 nitrogen and oxygen atoms in total. The molecule has 2 N–H and O–H groups in total. The fourth-order valence-electron chi connectivity index (χ4n) is 2.92. The van der Waals surface area contributed by atoms with E-state index >= 15 is 0 Å². The predicted molar refractivity (Wildman–Crippen MR) is 94.5 cm³/mol. The van der Waals surface area contributed by atoms with Crippen LogP contribution in [0.15, 0.2) is 10.5 Å². The van der Waals surface area contributed by atoms with E-state index in [1.54, 1.807) is 13.8 Å². The first-order valence-corrected chi connectivity index (χ1v) is 8.85. The number of hydrogen-bond acceptors (Lipinski definition) is 4. The van der Waals surface area contributed by atoms with Gasteiger partial charge in [0, 0.05) is 12.1 Å². The molecule has 0 radical (unpaired) electrons. The number of likely N-dealkylation sites (tertiary alicyclic amines) is 1. The molecule has 0 saturated carbocycles. The number of rotatable bonds is 6. The third-order valence-electron chi connectivity index (χ3n) is 4.46. The molecule has 160 valence electrons. The number of nitrogens with one attached hydrogen (secondary N) is 2. The Morgan fingerprint density at radius 3 is 2.62 bits per heavy atom. The Bertz CT molecular complexity index is 813. The molecule has 1 aliphatic heterocycles. The number of nitrogens with zero attached hydrogens (tertiary/aromatic N) is 2. The summed E-state index contributed by atoms with van der Waals surface area (Å²) < 4.78 is 56.9. The van der Waals surface area contributed by atoms with E-state index in [-0.39, 0.29) is 31.8 Å². The second-order valence-corrected chi connectivity index (χ2v) is 7.51. The van der Waals surface area contributed by atoms with Gasteiger partial charge in [-0.1, -0.05) is 0 Å². The molecule has 0 bridgehead atoms. The molecule has 29 heavy (non-hydrogen) atoms. The van der Waals surface area contributed by atoms with Gasteiger partial charge in [-0.2, -0.15) is 13.2 Å². The zero-order chi connectivity index (χ0) is 22.0. The average Bonchev–Trinajstić information content (AvgIpc) is 3.20. The van der Waals surface area contributed by atoms with Crippen molar-refractivity contribution in [3.8, 4) is 0 Å². The zero-order valence-electron chi connectivity index (χ0n) is 16.2. The molecule has 1 fully saturated rings. The molecule has 1 aromatic rings. The summed E-state index contributed by atoms with van der Waals surface area (Å²) in [4.78, 5) is 28.8. The smallest absolute Gasteiger partial charge is 0.450 e. The summed E-state index contributed by atoms with van der Waals surface area (Å²) in [6, 6.07) is 1.01. The number of carbonyl (C=O) groups is 2. The van der Waals surface area contributed by atoms with Crippen molar-refractivity contribution in [2.75, 3.05) is 19.6 Å². The second kappa shape index (κ2) is 8.41. The second-order valence-electron chi connectivity index (χ2n) is 7.51. The van der Waals surface area contributed by atoms with Crippen molar-refractivity contribution in [2.24, 2.45) is 0 Å². The van der Waals surface area contributed by atoms with Crippen LogP contribution in [0.3, 0.4) is 0 Å². The summed E-state index contributed by atoms with van der Waals surface area (Å²) in [6.07, 6.45) is -6.91. The highest BCUT2D eigenvalue weighted by molar-refractivity contribution is 5.95. The maximum atomic E-state index is 13.4. The van der Waals surface area contributed by atoms with Crippen LogP contribution < -0.4 is 10.6 Å². The lowest BCUT2D eigenvalue weighted by Gasteiger charge is -2.27. The van der Waals surface area contributed by atoms with E-state index in [1.807, 2.05) is 0 Å².